The number of aliphatic carboxylic acids is 1. The van der Waals surface area contributed by atoms with Crippen LogP contribution in [0.5, 0.6) is 0 Å². The van der Waals surface area contributed by atoms with E-state index in [1.54, 1.807) is 0 Å². The molecule has 0 radical (unpaired) electrons. The maximum Gasteiger partial charge on any atom is 0.329 e. The Morgan fingerprint density at radius 2 is 2.30 bits per heavy atom. The van der Waals surface area contributed by atoms with Crippen molar-refractivity contribution in [3.05, 3.63) is 0 Å². The zero-order valence-electron chi connectivity index (χ0n) is 5.48. The molecular weight excluding hydrogens is 159 g/mol. The van der Waals surface area contributed by atoms with E-state index in [0.29, 0.717) is 0 Å². The van der Waals surface area contributed by atoms with Crippen molar-refractivity contribution in [1.29, 1.82) is 0 Å². The van der Waals surface area contributed by atoms with E-state index in [0.717, 1.165) is 0 Å². The highest BCUT2D eigenvalue weighted by Gasteiger charge is 2.04. The Balaban J connectivity index is 3.11. The average molecular weight is 168 g/mol. The maximum absolute atomic E-state index is 9.87. The topological polar surface area (TPSA) is 76.0 Å². The summed E-state index contributed by atoms with van der Waals surface area (Å²) in [7, 11) is -0.588. The van der Waals surface area contributed by atoms with Crippen molar-refractivity contribution >= 4 is 14.6 Å². The normalized spacial score (nSPS) is 13.0. The molecule has 0 aliphatic rings. The smallest absolute Gasteiger partial charge is 0.329 e. The van der Waals surface area contributed by atoms with E-state index in [9.17, 15) is 4.79 Å². The van der Waals surface area contributed by atoms with Gasteiger partial charge in [-0.25, -0.2) is 0 Å². The molecule has 0 fully saturated rings. The minimum absolute atomic E-state index is 0.0224. The molecule has 0 aliphatic carbocycles. The predicted octanol–water partition coefficient (Wildman–Crippen LogP) is 0.343. The summed E-state index contributed by atoms with van der Waals surface area (Å²) in [5, 5.41) is 8.10. The van der Waals surface area contributed by atoms with Crippen molar-refractivity contribution in [2.75, 3.05) is 13.7 Å². The highest BCUT2D eigenvalue weighted by molar-refractivity contribution is 7.40. The van der Waals surface area contributed by atoms with Crippen molar-refractivity contribution in [1.82, 2.24) is 0 Å². The van der Waals surface area contributed by atoms with Crippen LogP contribution in [-0.2, 0) is 13.8 Å². The van der Waals surface area contributed by atoms with Gasteiger partial charge in [-0.15, -0.1) is 0 Å². The van der Waals surface area contributed by atoms with Gasteiger partial charge in [0.25, 0.3) is 0 Å². The number of rotatable bonds is 5. The lowest BCUT2D eigenvalue weighted by Gasteiger charge is -2.04. The molecule has 6 heteroatoms. The first-order chi connectivity index (χ1) is 4.66. The second kappa shape index (κ2) is 5.56. The first kappa shape index (κ1) is 9.78. The highest BCUT2D eigenvalue weighted by Crippen LogP contribution is 2.30. The molecule has 5 nitrogen and oxygen atoms in total. The summed E-state index contributed by atoms with van der Waals surface area (Å²) in [6.45, 7) is -0.0224. The molecule has 1 unspecified atom stereocenters. The lowest BCUT2D eigenvalue weighted by atomic mass is 10.5. The number of carbonyl (C=O) groups is 1. The lowest BCUT2D eigenvalue weighted by Crippen LogP contribution is -2.00. The van der Waals surface area contributed by atoms with Gasteiger partial charge in [0.1, 0.15) is 0 Å². The van der Waals surface area contributed by atoms with Crippen LogP contribution in [0.25, 0.3) is 0 Å². The Morgan fingerprint density at radius 3 is 2.70 bits per heavy atom. The molecule has 2 N–H and O–H groups in total. The van der Waals surface area contributed by atoms with Gasteiger partial charge in [-0.2, -0.15) is 0 Å². The van der Waals surface area contributed by atoms with E-state index in [4.69, 9.17) is 10.00 Å². The van der Waals surface area contributed by atoms with Gasteiger partial charge in [0.2, 0.25) is 0 Å². The van der Waals surface area contributed by atoms with Gasteiger partial charge in [0.15, 0.2) is 0 Å². The van der Waals surface area contributed by atoms with Gasteiger partial charge in [-0.05, 0) is 0 Å². The van der Waals surface area contributed by atoms with Crippen molar-refractivity contribution < 1.29 is 23.8 Å². The quantitative estimate of drug-likeness (QED) is 0.579. The average Bonchev–Trinajstić information content (AvgIpc) is 1.87. The first-order valence-electron chi connectivity index (χ1n) is 2.54. The molecular formula is C4H9O5P. The second-order valence-electron chi connectivity index (χ2n) is 1.40. The van der Waals surface area contributed by atoms with E-state index >= 15 is 0 Å². The molecule has 0 amide bonds. The number of hydrogen-bond acceptors (Lipinski definition) is 4. The molecule has 1 atom stereocenters. The molecule has 0 saturated heterocycles. The van der Waals surface area contributed by atoms with E-state index in [2.05, 4.69) is 9.05 Å². The summed E-state index contributed by atoms with van der Waals surface area (Å²) in [5.74, 6) is -0.959. The maximum atomic E-state index is 9.87. The van der Waals surface area contributed by atoms with Gasteiger partial charge in [0, 0.05) is 7.11 Å². The zero-order chi connectivity index (χ0) is 7.98. The fourth-order valence-electron chi connectivity index (χ4n) is 0.264. The first-order valence-corrected chi connectivity index (χ1v) is 3.67. The monoisotopic (exact) mass is 168 g/mol. The summed E-state index contributed by atoms with van der Waals surface area (Å²) in [6.07, 6.45) is -0.122. The van der Waals surface area contributed by atoms with Crippen LogP contribution in [0.1, 0.15) is 6.42 Å². The van der Waals surface area contributed by atoms with E-state index in [1.165, 1.54) is 7.11 Å². The molecule has 0 aromatic heterocycles. The largest absolute Gasteiger partial charge is 0.481 e. The second-order valence-corrected chi connectivity index (χ2v) is 2.50. The minimum Gasteiger partial charge on any atom is -0.481 e. The summed E-state index contributed by atoms with van der Waals surface area (Å²) >= 11 is 0. The Hall–Kier alpha value is -0.220. The number of carboxylic acid groups (broad SMARTS) is 1. The van der Waals surface area contributed by atoms with E-state index < -0.39 is 14.6 Å². The summed E-state index contributed by atoms with van der Waals surface area (Å²) in [6, 6.07) is 0. The van der Waals surface area contributed by atoms with Crippen LogP contribution in [0.4, 0.5) is 0 Å². The van der Waals surface area contributed by atoms with Gasteiger partial charge < -0.3 is 19.0 Å². The molecule has 0 rings (SSSR count). The van der Waals surface area contributed by atoms with Crippen LogP contribution in [0.3, 0.4) is 0 Å². The molecule has 0 aromatic carbocycles. The third kappa shape index (κ3) is 5.91. The molecule has 0 aromatic rings. The fourth-order valence-corrected chi connectivity index (χ4v) is 0.617. The van der Waals surface area contributed by atoms with Crippen LogP contribution in [0.15, 0.2) is 0 Å². The SMILES string of the molecule is COP(O)OCCC(=O)O. The number of carboxylic acids is 1. The van der Waals surface area contributed by atoms with Crippen LogP contribution >= 0.6 is 8.60 Å². The van der Waals surface area contributed by atoms with Crippen molar-refractivity contribution in [3.8, 4) is 0 Å². The Kier molecular flexibility index (Phi) is 5.43. The van der Waals surface area contributed by atoms with Crippen molar-refractivity contribution in [3.63, 3.8) is 0 Å². The minimum atomic E-state index is -1.87. The van der Waals surface area contributed by atoms with E-state index in [-0.39, 0.29) is 13.0 Å². The van der Waals surface area contributed by atoms with Gasteiger partial charge in [-0.1, -0.05) is 0 Å². The van der Waals surface area contributed by atoms with Crippen LogP contribution in [0.2, 0.25) is 0 Å². The third-order valence-electron chi connectivity index (χ3n) is 0.674. The molecule has 0 spiro atoms. The Labute approximate surface area is 59.6 Å². The van der Waals surface area contributed by atoms with Crippen molar-refractivity contribution in [2.45, 2.75) is 6.42 Å². The third-order valence-corrected chi connectivity index (χ3v) is 1.39. The molecule has 60 valence electrons. The van der Waals surface area contributed by atoms with Crippen molar-refractivity contribution in [2.24, 2.45) is 0 Å². The van der Waals surface area contributed by atoms with Gasteiger partial charge in [0.05, 0.1) is 13.0 Å². The standard InChI is InChI=1S/C4H9O5P/c1-8-10(7)9-3-2-4(5)6/h7H,2-3H2,1H3,(H,5,6). The molecule has 0 heterocycles. The Bertz CT molecular complexity index is 106. The Morgan fingerprint density at radius 1 is 1.70 bits per heavy atom. The summed E-state index contributed by atoms with van der Waals surface area (Å²) in [4.78, 5) is 18.5. The molecule has 10 heavy (non-hydrogen) atoms. The van der Waals surface area contributed by atoms with Gasteiger partial charge in [-0.3, -0.25) is 4.79 Å². The zero-order valence-corrected chi connectivity index (χ0v) is 6.38. The number of hydrogen-bond donors (Lipinski definition) is 2. The van der Waals surface area contributed by atoms with E-state index in [1.807, 2.05) is 0 Å². The summed E-state index contributed by atoms with van der Waals surface area (Å²) < 4.78 is 8.86. The summed E-state index contributed by atoms with van der Waals surface area (Å²) in [5.41, 5.74) is 0. The lowest BCUT2D eigenvalue weighted by molar-refractivity contribution is -0.137. The predicted molar refractivity (Wildman–Crippen MR) is 34.4 cm³/mol. The highest BCUT2D eigenvalue weighted by atomic mass is 31.2. The van der Waals surface area contributed by atoms with Crippen LogP contribution < -0.4 is 0 Å². The molecule has 0 aliphatic heterocycles. The molecule has 0 bridgehead atoms. The van der Waals surface area contributed by atoms with Crippen LogP contribution in [0, 0.1) is 0 Å². The van der Waals surface area contributed by atoms with Gasteiger partial charge >= 0.3 is 14.6 Å². The molecule has 0 saturated carbocycles. The fraction of sp³-hybridized carbons (Fsp3) is 0.750. The van der Waals surface area contributed by atoms with Crippen LogP contribution in [-0.4, -0.2) is 29.7 Å².